The molecule has 30 heavy (non-hydrogen) atoms. The maximum atomic E-state index is 12.4. The highest BCUT2D eigenvalue weighted by Gasteiger charge is 2.45. The van der Waals surface area contributed by atoms with E-state index < -0.39 is 22.9 Å². The predicted molar refractivity (Wildman–Crippen MR) is 116 cm³/mol. The van der Waals surface area contributed by atoms with E-state index in [1.165, 1.54) is 32.1 Å². The quantitative estimate of drug-likeness (QED) is 0.422. The van der Waals surface area contributed by atoms with E-state index in [4.69, 9.17) is 19.9 Å². The summed E-state index contributed by atoms with van der Waals surface area (Å²) in [6, 6.07) is 0.536. The molecule has 0 aromatic carbocycles. The second kappa shape index (κ2) is 13.3. The van der Waals surface area contributed by atoms with Crippen LogP contribution < -0.4 is 5.73 Å². The lowest BCUT2D eigenvalue weighted by molar-refractivity contribution is -0.165. The molecule has 0 aliphatic heterocycles. The van der Waals surface area contributed by atoms with Gasteiger partial charge in [-0.3, -0.25) is 9.59 Å². The molecule has 2 rings (SSSR count). The summed E-state index contributed by atoms with van der Waals surface area (Å²) in [4.78, 5) is 24.2. The lowest BCUT2D eigenvalue weighted by atomic mass is 9.78. The molecule has 7 nitrogen and oxygen atoms in total. The van der Waals surface area contributed by atoms with Crippen molar-refractivity contribution in [3.63, 3.8) is 0 Å². The Hall–Kier alpha value is -1.18. The van der Waals surface area contributed by atoms with Crippen LogP contribution in [-0.2, 0) is 23.8 Å². The molecule has 0 amide bonds. The first-order chi connectivity index (χ1) is 14.1. The van der Waals surface area contributed by atoms with Crippen molar-refractivity contribution in [1.29, 1.82) is 0 Å². The van der Waals surface area contributed by atoms with Gasteiger partial charge in [0.2, 0.25) is 0 Å². The van der Waals surface area contributed by atoms with E-state index >= 15 is 0 Å². The lowest BCUT2D eigenvalue weighted by Crippen LogP contribution is -2.37. The summed E-state index contributed by atoms with van der Waals surface area (Å²) in [7, 11) is 1.58. The van der Waals surface area contributed by atoms with E-state index in [0.717, 1.165) is 12.8 Å². The van der Waals surface area contributed by atoms with Crippen molar-refractivity contribution in [2.24, 2.45) is 17.1 Å². The number of methoxy groups -OCH3 is 1. The van der Waals surface area contributed by atoms with Gasteiger partial charge < -0.3 is 25.1 Å². The average molecular weight is 430 g/mol. The molecule has 0 bridgehead atoms. The van der Waals surface area contributed by atoms with Crippen LogP contribution in [0, 0.1) is 11.3 Å². The number of hydrogen-bond acceptors (Lipinski definition) is 6. The number of aliphatic carboxylic acids is 1. The number of carboxylic acids is 1. The second-order valence-corrected chi connectivity index (χ2v) is 9.69. The van der Waals surface area contributed by atoms with Crippen LogP contribution in [0.3, 0.4) is 0 Å². The maximum Gasteiger partial charge on any atom is 0.311 e. The van der Waals surface area contributed by atoms with Crippen molar-refractivity contribution in [2.75, 3.05) is 26.9 Å². The maximum absolute atomic E-state index is 12.4. The van der Waals surface area contributed by atoms with Gasteiger partial charge in [-0.1, -0.05) is 32.1 Å². The first kappa shape index (κ1) is 26.9. The Balaban J connectivity index is 0.000000539. The number of esters is 1. The number of carbonyl (C=O) groups excluding carboxylic acids is 1. The van der Waals surface area contributed by atoms with Crippen LogP contribution in [0.15, 0.2) is 0 Å². The van der Waals surface area contributed by atoms with E-state index in [-0.39, 0.29) is 19.0 Å². The van der Waals surface area contributed by atoms with Crippen molar-refractivity contribution in [2.45, 2.75) is 96.6 Å². The summed E-state index contributed by atoms with van der Waals surface area (Å²) in [5.41, 5.74) is 4.20. The predicted octanol–water partition coefficient (Wildman–Crippen LogP) is 3.92. The Morgan fingerprint density at radius 2 is 1.67 bits per heavy atom. The van der Waals surface area contributed by atoms with Crippen LogP contribution in [0.2, 0.25) is 0 Å². The van der Waals surface area contributed by atoms with Crippen molar-refractivity contribution in [3.8, 4) is 0 Å². The zero-order valence-electron chi connectivity index (χ0n) is 19.4. The van der Waals surface area contributed by atoms with Crippen molar-refractivity contribution < 1.29 is 28.9 Å². The van der Waals surface area contributed by atoms with E-state index in [1.54, 1.807) is 27.9 Å². The smallest absolute Gasteiger partial charge is 0.311 e. The fourth-order valence-electron chi connectivity index (χ4n) is 4.13. The van der Waals surface area contributed by atoms with Crippen LogP contribution in [-0.4, -0.2) is 55.6 Å². The normalized spacial score (nSPS) is 20.2. The van der Waals surface area contributed by atoms with Crippen molar-refractivity contribution in [1.82, 2.24) is 0 Å². The van der Waals surface area contributed by atoms with Gasteiger partial charge in [0.15, 0.2) is 0 Å². The van der Waals surface area contributed by atoms with Gasteiger partial charge in [-0.2, -0.15) is 0 Å². The van der Waals surface area contributed by atoms with Gasteiger partial charge in [0.05, 0.1) is 31.2 Å². The van der Waals surface area contributed by atoms with Gasteiger partial charge in [-0.05, 0) is 52.9 Å². The summed E-state index contributed by atoms with van der Waals surface area (Å²) in [6.07, 6.45) is 9.93. The molecular formula is C23H43NO6. The molecule has 3 N–H and O–H groups in total. The van der Waals surface area contributed by atoms with Gasteiger partial charge in [0.25, 0.3) is 0 Å². The summed E-state index contributed by atoms with van der Waals surface area (Å²) >= 11 is 0. The largest absolute Gasteiger partial charge is 0.481 e. The minimum absolute atomic E-state index is 0.160. The first-order valence-electron chi connectivity index (χ1n) is 11.4. The highest BCUT2D eigenvalue weighted by Crippen LogP contribution is 2.44. The lowest BCUT2D eigenvalue weighted by Gasteiger charge is -2.30. The van der Waals surface area contributed by atoms with Crippen LogP contribution in [0.25, 0.3) is 0 Å². The highest BCUT2D eigenvalue weighted by atomic mass is 16.6. The van der Waals surface area contributed by atoms with Gasteiger partial charge in [0, 0.05) is 13.2 Å². The van der Waals surface area contributed by atoms with Gasteiger partial charge in [-0.15, -0.1) is 0 Å². The van der Waals surface area contributed by atoms with Crippen LogP contribution >= 0.6 is 0 Å². The van der Waals surface area contributed by atoms with Gasteiger partial charge in [-0.25, -0.2) is 0 Å². The van der Waals surface area contributed by atoms with E-state index in [1.807, 2.05) is 0 Å². The summed E-state index contributed by atoms with van der Waals surface area (Å²) in [5.74, 6) is -1.77. The van der Waals surface area contributed by atoms with E-state index in [2.05, 4.69) is 0 Å². The number of hydrogen-bond donors (Lipinski definition) is 2. The Kier molecular flexibility index (Phi) is 11.9. The minimum atomic E-state index is -0.827. The fraction of sp³-hybridized carbons (Fsp3) is 0.913. The number of carbonyl (C=O) groups is 2. The number of ether oxygens (including phenoxy) is 3. The number of carboxylic acid groups (broad SMARTS) is 1. The summed E-state index contributed by atoms with van der Waals surface area (Å²) < 4.78 is 15.9. The SMILES string of the molecule is COCCOCC(CC1(C(=O)O)CCCC1)C(=O)OC(C)(C)C.NC1CCCCC1. The van der Waals surface area contributed by atoms with Crippen LogP contribution in [0.5, 0.6) is 0 Å². The summed E-state index contributed by atoms with van der Waals surface area (Å²) in [5, 5.41) is 9.62. The van der Waals surface area contributed by atoms with Crippen LogP contribution in [0.1, 0.15) is 85.0 Å². The molecule has 0 aromatic rings. The monoisotopic (exact) mass is 429 g/mol. The first-order valence-corrected chi connectivity index (χ1v) is 11.4. The highest BCUT2D eigenvalue weighted by molar-refractivity contribution is 5.78. The zero-order valence-corrected chi connectivity index (χ0v) is 19.4. The summed E-state index contributed by atoms with van der Waals surface area (Å²) in [6.45, 7) is 6.37. The number of nitrogens with two attached hydrogens (primary N) is 1. The zero-order chi connectivity index (χ0) is 22.6. The molecule has 0 heterocycles. The van der Waals surface area contributed by atoms with E-state index in [0.29, 0.717) is 32.1 Å². The Morgan fingerprint density at radius 3 is 2.10 bits per heavy atom. The molecule has 176 valence electrons. The minimum Gasteiger partial charge on any atom is -0.481 e. The Labute approximate surface area is 182 Å². The van der Waals surface area contributed by atoms with Crippen LogP contribution in [0.4, 0.5) is 0 Å². The van der Waals surface area contributed by atoms with E-state index in [9.17, 15) is 14.7 Å². The molecule has 7 heteroatoms. The fourth-order valence-corrected chi connectivity index (χ4v) is 4.13. The molecular weight excluding hydrogens is 386 g/mol. The molecule has 2 fully saturated rings. The Morgan fingerprint density at radius 1 is 1.07 bits per heavy atom. The molecule has 0 spiro atoms. The molecule has 1 atom stereocenters. The molecule has 0 radical (unpaired) electrons. The Bertz CT molecular complexity index is 504. The average Bonchev–Trinajstić information content (AvgIpc) is 3.14. The molecule has 0 saturated heterocycles. The molecule has 2 aliphatic rings. The second-order valence-electron chi connectivity index (χ2n) is 9.69. The molecule has 1 unspecified atom stereocenters. The molecule has 2 aliphatic carbocycles. The third-order valence-corrected chi connectivity index (χ3v) is 5.79. The third kappa shape index (κ3) is 10.2. The third-order valence-electron chi connectivity index (χ3n) is 5.79. The van der Waals surface area contributed by atoms with Gasteiger partial charge in [0.1, 0.15) is 5.60 Å². The molecule has 2 saturated carbocycles. The van der Waals surface area contributed by atoms with Crippen molar-refractivity contribution >= 4 is 11.9 Å². The topological polar surface area (TPSA) is 108 Å². The van der Waals surface area contributed by atoms with Crippen molar-refractivity contribution in [3.05, 3.63) is 0 Å². The molecule has 0 aromatic heterocycles. The standard InChI is InChI=1S/C17H30O6.C6H13N/c1-16(2,3)23-14(18)13(12-22-10-9-21-4)11-17(15(19)20)7-5-6-8-17;7-6-4-2-1-3-5-6/h13H,5-12H2,1-4H3,(H,19,20);6H,1-5,7H2. The van der Waals surface area contributed by atoms with Gasteiger partial charge >= 0.3 is 11.9 Å². The number of rotatable bonds is 9.